The van der Waals surface area contributed by atoms with E-state index in [1.807, 2.05) is 13.8 Å². The maximum absolute atomic E-state index is 14.2. The van der Waals surface area contributed by atoms with Crippen LogP contribution in [-0.4, -0.2) is 31.8 Å². The van der Waals surface area contributed by atoms with Gasteiger partial charge in [0.05, 0.1) is 42.3 Å². The van der Waals surface area contributed by atoms with Crippen LogP contribution in [-0.2, 0) is 13.2 Å². The van der Waals surface area contributed by atoms with E-state index >= 15 is 0 Å². The summed E-state index contributed by atoms with van der Waals surface area (Å²) < 4.78 is 56.6. The number of methoxy groups -OCH3 is 1. The highest BCUT2D eigenvalue weighted by molar-refractivity contribution is 5.85. The Balaban J connectivity index is 0.000000247. The van der Waals surface area contributed by atoms with E-state index in [0.717, 1.165) is 6.20 Å². The Kier molecular flexibility index (Phi) is 12.4. The van der Waals surface area contributed by atoms with E-state index in [1.54, 1.807) is 30.5 Å². The predicted molar refractivity (Wildman–Crippen MR) is 150 cm³/mol. The minimum atomic E-state index is -4.74. The van der Waals surface area contributed by atoms with Crippen molar-refractivity contribution in [3.8, 4) is 17.1 Å². The van der Waals surface area contributed by atoms with Gasteiger partial charge in [0.2, 0.25) is 0 Å². The molecule has 1 aliphatic carbocycles. The van der Waals surface area contributed by atoms with Gasteiger partial charge in [0.1, 0.15) is 11.4 Å². The third kappa shape index (κ3) is 9.12. The van der Waals surface area contributed by atoms with Gasteiger partial charge in [0, 0.05) is 13.2 Å². The molecule has 0 bridgehead atoms. The zero-order valence-electron chi connectivity index (χ0n) is 23.4. The molecule has 3 N–H and O–H groups in total. The number of nitrogen functional groups attached to an aromatic ring is 1. The smallest absolute Gasteiger partial charge is 0.423 e. The summed E-state index contributed by atoms with van der Waals surface area (Å²) in [6.07, 6.45) is 9.58. The minimum absolute atomic E-state index is 0.242. The number of rotatable bonds is 2. The normalized spacial score (nSPS) is 12.6. The van der Waals surface area contributed by atoms with E-state index < -0.39 is 28.8 Å². The van der Waals surface area contributed by atoms with Crippen LogP contribution in [0.5, 0.6) is 5.75 Å². The van der Waals surface area contributed by atoms with Crippen molar-refractivity contribution in [3.05, 3.63) is 75.1 Å². The van der Waals surface area contributed by atoms with Crippen LogP contribution in [0.25, 0.3) is 22.2 Å². The number of alkyl halides is 3. The lowest BCUT2D eigenvalue weighted by Gasteiger charge is -2.06. The summed E-state index contributed by atoms with van der Waals surface area (Å²) in [7, 11) is 3.13. The first kappa shape index (κ1) is 32.9. The molecule has 1 fully saturated rings. The van der Waals surface area contributed by atoms with E-state index in [1.165, 1.54) is 68.7 Å². The van der Waals surface area contributed by atoms with E-state index in [-0.39, 0.29) is 16.9 Å². The Hall–Kier alpha value is -4.29. The lowest BCUT2D eigenvalue weighted by atomic mass is 10.0. The predicted octanol–water partition coefficient (Wildman–Crippen LogP) is 5.88. The molecule has 0 unspecified atom stereocenters. The van der Waals surface area contributed by atoms with Gasteiger partial charge in [-0.3, -0.25) is 9.59 Å². The Labute approximate surface area is 234 Å². The maximum atomic E-state index is 14.2. The fourth-order valence-corrected chi connectivity index (χ4v) is 3.86. The lowest BCUT2D eigenvalue weighted by Crippen LogP contribution is -2.24. The average Bonchev–Trinajstić information content (AvgIpc) is 2.97. The van der Waals surface area contributed by atoms with Crippen LogP contribution in [0.3, 0.4) is 0 Å². The molecule has 0 atom stereocenters. The van der Waals surface area contributed by atoms with Crippen molar-refractivity contribution < 1.29 is 22.3 Å². The summed E-state index contributed by atoms with van der Waals surface area (Å²) in [5.41, 5.74) is 1.50. The molecule has 41 heavy (non-hydrogen) atoms. The number of nitrogens with zero attached hydrogens (tertiary/aromatic N) is 4. The van der Waals surface area contributed by atoms with Crippen molar-refractivity contribution in [2.45, 2.75) is 58.5 Å². The van der Waals surface area contributed by atoms with Gasteiger partial charge >= 0.3 is 6.18 Å². The number of aromatic nitrogens is 5. The molecule has 0 spiro atoms. The number of anilines is 1. The molecule has 1 aromatic carbocycles. The van der Waals surface area contributed by atoms with E-state index in [4.69, 9.17) is 10.5 Å². The van der Waals surface area contributed by atoms with Crippen LogP contribution >= 0.6 is 0 Å². The van der Waals surface area contributed by atoms with Gasteiger partial charge in [-0.05, 0) is 23.6 Å². The van der Waals surface area contributed by atoms with Crippen molar-refractivity contribution >= 4 is 16.5 Å². The summed E-state index contributed by atoms with van der Waals surface area (Å²) in [6, 6.07) is 4.55. The summed E-state index contributed by atoms with van der Waals surface area (Å²) in [4.78, 5) is 30.7. The molecule has 0 aliphatic heterocycles. The Morgan fingerprint density at radius 3 is 2.00 bits per heavy atom. The molecule has 3 aromatic heterocycles. The summed E-state index contributed by atoms with van der Waals surface area (Å²) in [5.74, 6) is 0.209. The number of nitrogens with two attached hydrogens (primary N) is 1. The molecular formula is C28H34F4N6O3. The lowest BCUT2D eigenvalue weighted by molar-refractivity contribution is -0.138. The van der Waals surface area contributed by atoms with Gasteiger partial charge in [-0.2, -0.15) is 18.3 Å². The third-order valence-corrected chi connectivity index (χ3v) is 5.94. The monoisotopic (exact) mass is 578 g/mol. The first-order chi connectivity index (χ1) is 19.5. The van der Waals surface area contributed by atoms with Crippen LogP contribution in [0.1, 0.15) is 57.9 Å². The Morgan fingerprint density at radius 1 is 0.976 bits per heavy atom. The molecule has 0 amide bonds. The second-order valence-electron chi connectivity index (χ2n) is 8.75. The first-order valence-corrected chi connectivity index (χ1v) is 13.1. The maximum Gasteiger partial charge on any atom is 0.423 e. The molecule has 9 nitrogen and oxygen atoms in total. The van der Waals surface area contributed by atoms with Crippen molar-refractivity contribution in [3.63, 3.8) is 0 Å². The molecule has 1 saturated carbocycles. The number of hydrogen-bond acceptors (Lipinski definition) is 7. The number of aryl methyl sites for hydroxylation is 1. The van der Waals surface area contributed by atoms with Gasteiger partial charge in [0.15, 0.2) is 11.6 Å². The standard InChI is InChI=1S/C15H12FN3O2.C6H12.C5H4F3N3O.C2H6/c1-19-4-3-9-5-12(13(16)6-11(9)15(19)20)14-17-7-10(21-2)8-18-14;1-2-4-6-5-3-1;6-5(7,8)3-2(9)1-10-11-4(3)12;1-2/h3-8H,1-2H3;1-6H2;1H,(H3,9,11,12);1-2H3. The molecule has 222 valence electrons. The third-order valence-electron chi connectivity index (χ3n) is 5.94. The largest absolute Gasteiger partial charge is 0.494 e. The number of fused-ring (bicyclic) bond motifs is 1. The highest BCUT2D eigenvalue weighted by Gasteiger charge is 2.36. The molecule has 0 saturated heterocycles. The van der Waals surface area contributed by atoms with Gasteiger partial charge < -0.3 is 15.0 Å². The van der Waals surface area contributed by atoms with Gasteiger partial charge in [-0.1, -0.05) is 52.4 Å². The second kappa shape index (κ2) is 15.5. The van der Waals surface area contributed by atoms with Gasteiger partial charge in [0.25, 0.3) is 11.1 Å². The van der Waals surface area contributed by atoms with Crippen molar-refractivity contribution in [1.82, 2.24) is 24.7 Å². The fraction of sp³-hybridized carbons (Fsp3) is 0.393. The number of pyridine rings is 1. The number of H-pyrrole nitrogens is 1. The number of nitrogens with one attached hydrogen (secondary N) is 1. The average molecular weight is 579 g/mol. The van der Waals surface area contributed by atoms with Crippen LogP contribution in [0.2, 0.25) is 0 Å². The topological polar surface area (TPSA) is 129 Å². The molecule has 13 heteroatoms. The Bertz CT molecular complexity index is 1500. The highest BCUT2D eigenvalue weighted by Crippen LogP contribution is 2.29. The zero-order valence-corrected chi connectivity index (χ0v) is 23.4. The molecule has 4 aromatic rings. The van der Waals surface area contributed by atoms with Gasteiger partial charge in [-0.15, -0.1) is 0 Å². The summed E-state index contributed by atoms with van der Waals surface area (Å²) in [6.45, 7) is 4.00. The van der Waals surface area contributed by atoms with Crippen LogP contribution in [0.4, 0.5) is 23.2 Å². The van der Waals surface area contributed by atoms with Crippen LogP contribution in [0, 0.1) is 5.82 Å². The number of benzene rings is 1. The number of hydrogen-bond donors (Lipinski definition) is 2. The van der Waals surface area contributed by atoms with E-state index in [0.29, 0.717) is 16.5 Å². The number of halogens is 4. The second-order valence-corrected chi connectivity index (χ2v) is 8.75. The van der Waals surface area contributed by atoms with Crippen molar-refractivity contribution in [2.75, 3.05) is 12.8 Å². The fourth-order valence-electron chi connectivity index (χ4n) is 3.86. The van der Waals surface area contributed by atoms with Gasteiger partial charge in [-0.25, -0.2) is 19.5 Å². The molecular weight excluding hydrogens is 544 g/mol. The van der Waals surface area contributed by atoms with Crippen LogP contribution in [0.15, 0.2) is 52.6 Å². The molecule has 3 heterocycles. The zero-order chi connectivity index (χ0) is 30.6. The van der Waals surface area contributed by atoms with E-state index in [9.17, 15) is 27.2 Å². The van der Waals surface area contributed by atoms with Crippen molar-refractivity contribution in [1.29, 1.82) is 0 Å². The molecule has 5 rings (SSSR count). The number of aromatic amines is 1. The molecule has 1 aliphatic rings. The summed E-state index contributed by atoms with van der Waals surface area (Å²) >= 11 is 0. The number of ether oxygens (including phenoxy) is 1. The van der Waals surface area contributed by atoms with Crippen molar-refractivity contribution in [2.24, 2.45) is 7.05 Å². The summed E-state index contributed by atoms with van der Waals surface area (Å²) in [5, 5.41) is 5.71. The van der Waals surface area contributed by atoms with Crippen LogP contribution < -0.4 is 21.6 Å². The minimum Gasteiger partial charge on any atom is -0.494 e. The Morgan fingerprint density at radius 2 is 1.54 bits per heavy atom. The highest BCUT2D eigenvalue weighted by atomic mass is 19.4. The quantitative estimate of drug-likeness (QED) is 0.284. The SMILES string of the molecule is C1CCCCC1.CC.COc1cnc(-c2cc3ccn(C)c(=O)c3cc2F)nc1.Nc1cn[nH]c(=O)c1C(F)(F)F. The van der Waals surface area contributed by atoms with E-state index in [2.05, 4.69) is 15.1 Å². The molecule has 0 radical (unpaired) electrons. The first-order valence-electron chi connectivity index (χ1n) is 13.1.